The summed E-state index contributed by atoms with van der Waals surface area (Å²) in [6.45, 7) is 9.85. The molecule has 12 heavy (non-hydrogen) atoms. The number of carbonyl (C=O) groups excluding carboxylic acids is 1. The van der Waals surface area contributed by atoms with Crippen molar-refractivity contribution in [3.05, 3.63) is 0 Å². The molecule has 1 N–H and O–H groups in total. The number of ketones is 1. The Morgan fingerprint density at radius 2 is 1.67 bits per heavy atom. The smallest absolute Gasteiger partial charge is 0.132 e. The van der Waals surface area contributed by atoms with Crippen molar-refractivity contribution >= 4 is 5.78 Å². The lowest BCUT2D eigenvalue weighted by Gasteiger charge is -1.98. The summed E-state index contributed by atoms with van der Waals surface area (Å²) in [5.74, 6) is 0.998. The Hall–Kier alpha value is -0.370. The van der Waals surface area contributed by atoms with Crippen LogP contribution in [0.5, 0.6) is 0 Å². The largest absolute Gasteiger partial charge is 0.396 e. The summed E-state index contributed by atoms with van der Waals surface area (Å²) in [6, 6.07) is 0. The van der Waals surface area contributed by atoms with Crippen LogP contribution in [0.1, 0.15) is 41.0 Å². The van der Waals surface area contributed by atoms with Crippen LogP contribution < -0.4 is 0 Å². The van der Waals surface area contributed by atoms with Crippen LogP contribution in [-0.4, -0.2) is 17.5 Å². The predicted molar refractivity (Wildman–Crippen MR) is 52.1 cm³/mol. The fraction of sp³-hybridized carbons (Fsp3) is 0.900. The number of hydrogen-bond donors (Lipinski definition) is 1. The van der Waals surface area contributed by atoms with Gasteiger partial charge in [0.2, 0.25) is 0 Å². The lowest BCUT2D eigenvalue weighted by Crippen LogP contribution is -2.03. The van der Waals surface area contributed by atoms with E-state index in [-0.39, 0.29) is 5.92 Å². The molecule has 0 unspecified atom stereocenters. The van der Waals surface area contributed by atoms with E-state index in [0.717, 1.165) is 6.42 Å². The number of hydrogen-bond acceptors (Lipinski definition) is 2. The molecule has 0 aromatic carbocycles. The second kappa shape index (κ2) is 8.72. The van der Waals surface area contributed by atoms with Crippen LogP contribution in [0.2, 0.25) is 0 Å². The zero-order chi connectivity index (χ0) is 10.1. The minimum Gasteiger partial charge on any atom is -0.396 e. The summed E-state index contributed by atoms with van der Waals surface area (Å²) in [4.78, 5) is 10.4. The molecule has 0 fully saturated rings. The molecule has 0 amide bonds. The molecule has 0 aliphatic carbocycles. The van der Waals surface area contributed by atoms with Gasteiger partial charge in [0.25, 0.3) is 0 Å². The van der Waals surface area contributed by atoms with E-state index < -0.39 is 0 Å². The number of rotatable bonds is 3. The van der Waals surface area contributed by atoms with Gasteiger partial charge in [0, 0.05) is 12.5 Å². The Morgan fingerprint density at radius 1 is 1.33 bits per heavy atom. The van der Waals surface area contributed by atoms with Gasteiger partial charge in [0.05, 0.1) is 0 Å². The van der Waals surface area contributed by atoms with Gasteiger partial charge in [0.15, 0.2) is 0 Å². The van der Waals surface area contributed by atoms with Crippen molar-refractivity contribution in [2.24, 2.45) is 11.8 Å². The molecule has 0 heterocycles. The summed E-state index contributed by atoms with van der Waals surface area (Å²) in [7, 11) is 0. The summed E-state index contributed by atoms with van der Waals surface area (Å²) in [5.41, 5.74) is 0. The molecule has 2 nitrogen and oxygen atoms in total. The Balaban J connectivity index is 0. The molecule has 0 aliphatic heterocycles. The van der Waals surface area contributed by atoms with Crippen molar-refractivity contribution in [3.63, 3.8) is 0 Å². The Labute approximate surface area is 76.0 Å². The molecular formula is C10H22O2. The highest BCUT2D eigenvalue weighted by molar-refractivity contribution is 5.77. The minimum absolute atomic E-state index is 0.264. The van der Waals surface area contributed by atoms with Crippen LogP contribution in [-0.2, 0) is 4.79 Å². The van der Waals surface area contributed by atoms with Crippen molar-refractivity contribution in [2.75, 3.05) is 6.61 Å². The lowest BCUT2D eigenvalue weighted by molar-refractivity contribution is -0.120. The van der Waals surface area contributed by atoms with Gasteiger partial charge in [-0.2, -0.15) is 0 Å². The second-order valence-corrected chi connectivity index (χ2v) is 3.50. The number of aliphatic hydroxyl groups excluding tert-OH is 1. The summed E-state index contributed by atoms with van der Waals surface area (Å²) >= 11 is 0. The highest BCUT2D eigenvalue weighted by Crippen LogP contribution is 1.99. The van der Waals surface area contributed by atoms with Crippen LogP contribution in [0, 0.1) is 11.8 Å². The first-order valence-corrected chi connectivity index (χ1v) is 4.56. The Kier molecular flexibility index (Phi) is 10.3. The quantitative estimate of drug-likeness (QED) is 0.712. The Morgan fingerprint density at radius 3 is 1.67 bits per heavy atom. The SMILES string of the molecule is CC(C)CO.CC[C@@H](C)C(C)=O. The summed E-state index contributed by atoms with van der Waals surface area (Å²) in [5, 5.41) is 8.14. The van der Waals surface area contributed by atoms with Crippen molar-refractivity contribution in [1.82, 2.24) is 0 Å². The van der Waals surface area contributed by atoms with Crippen molar-refractivity contribution < 1.29 is 9.90 Å². The first-order chi connectivity index (χ1) is 5.45. The van der Waals surface area contributed by atoms with Crippen LogP contribution in [0.4, 0.5) is 0 Å². The minimum atomic E-state index is 0.264. The molecule has 0 saturated carbocycles. The van der Waals surface area contributed by atoms with E-state index in [9.17, 15) is 4.79 Å². The highest BCUT2D eigenvalue weighted by atomic mass is 16.3. The summed E-state index contributed by atoms with van der Waals surface area (Å²) in [6.07, 6.45) is 0.968. The molecule has 0 rings (SSSR count). The maximum Gasteiger partial charge on any atom is 0.132 e. The van der Waals surface area contributed by atoms with Gasteiger partial charge in [0.1, 0.15) is 5.78 Å². The molecule has 1 atom stereocenters. The predicted octanol–water partition coefficient (Wildman–Crippen LogP) is 2.26. The average molecular weight is 174 g/mol. The number of aliphatic hydroxyl groups is 1. The molecule has 0 aromatic rings. The van der Waals surface area contributed by atoms with E-state index in [2.05, 4.69) is 0 Å². The highest BCUT2D eigenvalue weighted by Gasteiger charge is 2.01. The molecule has 74 valence electrons. The van der Waals surface area contributed by atoms with Crippen LogP contribution in [0.15, 0.2) is 0 Å². The molecule has 0 spiro atoms. The topological polar surface area (TPSA) is 37.3 Å². The van der Waals surface area contributed by atoms with Crippen molar-refractivity contribution in [1.29, 1.82) is 0 Å². The maximum atomic E-state index is 10.4. The van der Waals surface area contributed by atoms with E-state index in [1.54, 1.807) is 6.92 Å². The Bertz CT molecular complexity index is 108. The van der Waals surface area contributed by atoms with Crippen molar-refractivity contribution in [2.45, 2.75) is 41.0 Å². The van der Waals surface area contributed by atoms with Crippen LogP contribution in [0.3, 0.4) is 0 Å². The van der Waals surface area contributed by atoms with Gasteiger partial charge < -0.3 is 5.11 Å². The first-order valence-electron chi connectivity index (χ1n) is 4.56. The van der Waals surface area contributed by atoms with E-state index in [4.69, 9.17) is 5.11 Å². The monoisotopic (exact) mass is 174 g/mol. The van der Waals surface area contributed by atoms with Gasteiger partial charge in [-0.3, -0.25) is 4.79 Å². The molecule has 0 aliphatic rings. The first kappa shape index (κ1) is 14.2. The molecule has 0 saturated heterocycles. The van der Waals surface area contributed by atoms with Gasteiger partial charge >= 0.3 is 0 Å². The van der Waals surface area contributed by atoms with Crippen LogP contribution in [0.25, 0.3) is 0 Å². The van der Waals surface area contributed by atoms with Crippen LogP contribution >= 0.6 is 0 Å². The third-order valence-electron chi connectivity index (χ3n) is 1.67. The normalized spacial score (nSPS) is 11.9. The molecular weight excluding hydrogens is 152 g/mol. The zero-order valence-corrected chi connectivity index (χ0v) is 8.92. The van der Waals surface area contributed by atoms with E-state index >= 15 is 0 Å². The maximum absolute atomic E-state index is 10.4. The fourth-order valence-electron chi connectivity index (χ4n) is 0.287. The number of carbonyl (C=O) groups is 1. The van der Waals surface area contributed by atoms with E-state index in [0.29, 0.717) is 18.3 Å². The summed E-state index contributed by atoms with van der Waals surface area (Å²) < 4.78 is 0. The van der Waals surface area contributed by atoms with Gasteiger partial charge in [-0.05, 0) is 19.3 Å². The van der Waals surface area contributed by atoms with Gasteiger partial charge in [-0.25, -0.2) is 0 Å². The average Bonchev–Trinajstić information content (AvgIpc) is 2.04. The van der Waals surface area contributed by atoms with Gasteiger partial charge in [-0.15, -0.1) is 0 Å². The molecule has 0 bridgehead atoms. The van der Waals surface area contributed by atoms with E-state index in [1.165, 1.54) is 0 Å². The second-order valence-electron chi connectivity index (χ2n) is 3.50. The molecule has 0 radical (unpaired) electrons. The standard InChI is InChI=1S/C6H12O.C4H10O/c1-4-5(2)6(3)7;1-4(2)3-5/h5H,4H2,1-3H3;4-5H,3H2,1-2H3/t5-;/m1./s1. The fourth-order valence-corrected chi connectivity index (χ4v) is 0.287. The molecule has 0 aromatic heterocycles. The lowest BCUT2D eigenvalue weighted by atomic mass is 10.1. The van der Waals surface area contributed by atoms with E-state index in [1.807, 2.05) is 27.7 Å². The number of Topliss-reactive ketones (excluding diaryl/α,β-unsaturated/α-hetero) is 1. The van der Waals surface area contributed by atoms with Gasteiger partial charge in [-0.1, -0.05) is 27.7 Å². The third kappa shape index (κ3) is 12.3. The zero-order valence-electron chi connectivity index (χ0n) is 8.92. The third-order valence-corrected chi connectivity index (χ3v) is 1.67. The van der Waals surface area contributed by atoms with Crippen molar-refractivity contribution in [3.8, 4) is 0 Å². The molecule has 2 heteroatoms.